The van der Waals surface area contributed by atoms with Crippen LogP contribution in [0.3, 0.4) is 0 Å². The average molecular weight is 275 g/mol. The quantitative estimate of drug-likeness (QED) is 0.914. The van der Waals surface area contributed by atoms with Crippen LogP contribution in [0.4, 0.5) is 0 Å². The van der Waals surface area contributed by atoms with Gasteiger partial charge in [0.25, 0.3) is 0 Å². The van der Waals surface area contributed by atoms with Crippen LogP contribution in [0.1, 0.15) is 44.2 Å². The van der Waals surface area contributed by atoms with E-state index in [1.54, 1.807) is 0 Å². The molecule has 2 heterocycles. The molecule has 1 saturated heterocycles. The Morgan fingerprint density at radius 1 is 1.25 bits per heavy atom. The van der Waals surface area contributed by atoms with E-state index < -0.39 is 0 Å². The van der Waals surface area contributed by atoms with E-state index in [1.807, 2.05) is 6.07 Å². The van der Waals surface area contributed by atoms with Crippen LogP contribution >= 0.6 is 0 Å². The summed E-state index contributed by atoms with van der Waals surface area (Å²) < 4.78 is 11.6. The lowest BCUT2D eigenvalue weighted by Crippen LogP contribution is -2.35. The minimum absolute atomic E-state index is 0.406. The van der Waals surface area contributed by atoms with Gasteiger partial charge < -0.3 is 14.8 Å². The Morgan fingerprint density at radius 3 is 3.00 bits per heavy atom. The van der Waals surface area contributed by atoms with Gasteiger partial charge in [-0.25, -0.2) is 0 Å². The molecule has 3 unspecified atom stereocenters. The van der Waals surface area contributed by atoms with E-state index in [4.69, 9.17) is 9.47 Å². The highest BCUT2D eigenvalue weighted by Crippen LogP contribution is 2.34. The third-order valence-corrected chi connectivity index (χ3v) is 4.43. The Kier molecular flexibility index (Phi) is 4.58. The highest BCUT2D eigenvalue weighted by molar-refractivity contribution is 5.37. The lowest BCUT2D eigenvalue weighted by atomic mass is 9.92. The van der Waals surface area contributed by atoms with Crippen molar-refractivity contribution in [3.63, 3.8) is 0 Å². The van der Waals surface area contributed by atoms with Crippen molar-refractivity contribution in [3.05, 3.63) is 29.8 Å². The minimum Gasteiger partial charge on any atom is -0.493 e. The first kappa shape index (κ1) is 13.9. The predicted octanol–water partition coefficient (Wildman–Crippen LogP) is 3.31. The van der Waals surface area contributed by atoms with Crippen molar-refractivity contribution in [1.29, 1.82) is 0 Å². The number of para-hydroxylation sites is 1. The van der Waals surface area contributed by atoms with Gasteiger partial charge in [-0.1, -0.05) is 25.1 Å². The van der Waals surface area contributed by atoms with Crippen LogP contribution in [0.5, 0.6) is 5.75 Å². The molecule has 0 radical (unpaired) electrons. The van der Waals surface area contributed by atoms with Crippen LogP contribution in [-0.2, 0) is 4.74 Å². The van der Waals surface area contributed by atoms with Crippen molar-refractivity contribution in [2.75, 3.05) is 19.8 Å². The molecule has 0 aliphatic carbocycles. The fourth-order valence-corrected chi connectivity index (χ4v) is 3.24. The fraction of sp³-hybridized carbons (Fsp3) is 0.647. The normalized spacial score (nSPS) is 29.6. The largest absolute Gasteiger partial charge is 0.493 e. The molecule has 1 aromatic carbocycles. The SMILES string of the molecule is CC1COc2ccccc2C1NCCC1CCCCO1. The monoisotopic (exact) mass is 275 g/mol. The zero-order chi connectivity index (χ0) is 13.8. The molecule has 0 bridgehead atoms. The van der Waals surface area contributed by atoms with Crippen LogP contribution in [0.2, 0.25) is 0 Å². The van der Waals surface area contributed by atoms with Crippen molar-refractivity contribution in [3.8, 4) is 5.75 Å². The summed E-state index contributed by atoms with van der Waals surface area (Å²) in [6.07, 6.45) is 5.35. The smallest absolute Gasteiger partial charge is 0.124 e. The molecule has 1 aromatic rings. The van der Waals surface area contributed by atoms with Crippen LogP contribution in [0.25, 0.3) is 0 Å². The molecule has 1 fully saturated rings. The van der Waals surface area contributed by atoms with Gasteiger partial charge in [0.1, 0.15) is 5.75 Å². The number of fused-ring (bicyclic) bond motifs is 1. The van der Waals surface area contributed by atoms with Crippen molar-refractivity contribution in [2.45, 2.75) is 44.8 Å². The van der Waals surface area contributed by atoms with Gasteiger partial charge in [0.2, 0.25) is 0 Å². The van der Waals surface area contributed by atoms with Gasteiger partial charge in [0.15, 0.2) is 0 Å². The molecular formula is C17H25NO2. The molecule has 110 valence electrons. The Labute approximate surface area is 121 Å². The lowest BCUT2D eigenvalue weighted by Gasteiger charge is -2.33. The van der Waals surface area contributed by atoms with E-state index in [2.05, 4.69) is 30.4 Å². The first-order chi connectivity index (χ1) is 9.84. The fourth-order valence-electron chi connectivity index (χ4n) is 3.24. The number of ether oxygens (including phenoxy) is 2. The second-order valence-electron chi connectivity index (χ2n) is 6.04. The summed E-state index contributed by atoms with van der Waals surface area (Å²) in [5, 5.41) is 3.71. The van der Waals surface area contributed by atoms with Crippen molar-refractivity contribution in [2.24, 2.45) is 5.92 Å². The highest BCUT2D eigenvalue weighted by atomic mass is 16.5. The van der Waals surface area contributed by atoms with Crippen molar-refractivity contribution < 1.29 is 9.47 Å². The van der Waals surface area contributed by atoms with E-state index in [1.165, 1.54) is 24.8 Å². The average Bonchev–Trinajstić information content (AvgIpc) is 2.50. The molecule has 2 aliphatic heterocycles. The number of benzene rings is 1. The van der Waals surface area contributed by atoms with Gasteiger partial charge in [0.05, 0.1) is 12.7 Å². The summed E-state index contributed by atoms with van der Waals surface area (Å²) in [6.45, 7) is 5.02. The number of rotatable bonds is 4. The second kappa shape index (κ2) is 6.59. The summed E-state index contributed by atoms with van der Waals surface area (Å²) in [5.74, 6) is 1.55. The molecule has 3 rings (SSSR count). The summed E-state index contributed by atoms with van der Waals surface area (Å²) in [7, 11) is 0. The van der Waals surface area contributed by atoms with Gasteiger partial charge in [-0.05, 0) is 38.3 Å². The third-order valence-electron chi connectivity index (χ3n) is 4.43. The van der Waals surface area contributed by atoms with E-state index in [-0.39, 0.29) is 0 Å². The van der Waals surface area contributed by atoms with Gasteiger partial charge in [-0.2, -0.15) is 0 Å². The van der Waals surface area contributed by atoms with Crippen LogP contribution in [-0.4, -0.2) is 25.9 Å². The molecule has 0 aromatic heterocycles. The molecule has 0 saturated carbocycles. The predicted molar refractivity (Wildman–Crippen MR) is 80.1 cm³/mol. The van der Waals surface area contributed by atoms with Gasteiger partial charge >= 0.3 is 0 Å². The highest BCUT2D eigenvalue weighted by Gasteiger charge is 2.27. The number of nitrogens with one attached hydrogen (secondary N) is 1. The van der Waals surface area contributed by atoms with Crippen LogP contribution in [0.15, 0.2) is 24.3 Å². The maximum atomic E-state index is 5.80. The molecule has 3 atom stereocenters. The zero-order valence-corrected chi connectivity index (χ0v) is 12.3. The maximum Gasteiger partial charge on any atom is 0.124 e. The van der Waals surface area contributed by atoms with E-state index >= 15 is 0 Å². The summed E-state index contributed by atoms with van der Waals surface area (Å²) in [5.41, 5.74) is 1.30. The Balaban J connectivity index is 1.56. The van der Waals surface area contributed by atoms with Gasteiger partial charge in [-0.15, -0.1) is 0 Å². The Morgan fingerprint density at radius 2 is 2.15 bits per heavy atom. The molecule has 1 N–H and O–H groups in total. The third kappa shape index (κ3) is 3.15. The van der Waals surface area contributed by atoms with Crippen LogP contribution < -0.4 is 10.1 Å². The Hall–Kier alpha value is -1.06. The first-order valence-electron chi connectivity index (χ1n) is 7.91. The van der Waals surface area contributed by atoms with E-state index in [0.29, 0.717) is 18.1 Å². The Bertz CT molecular complexity index is 429. The summed E-state index contributed by atoms with van der Waals surface area (Å²) in [4.78, 5) is 0. The minimum atomic E-state index is 0.406. The van der Waals surface area contributed by atoms with Gasteiger partial charge in [-0.3, -0.25) is 0 Å². The summed E-state index contributed by atoms with van der Waals surface area (Å²) >= 11 is 0. The summed E-state index contributed by atoms with van der Waals surface area (Å²) in [6, 6.07) is 8.80. The molecule has 2 aliphatic rings. The number of hydrogen-bond donors (Lipinski definition) is 1. The first-order valence-corrected chi connectivity index (χ1v) is 7.91. The van der Waals surface area contributed by atoms with E-state index in [9.17, 15) is 0 Å². The van der Waals surface area contributed by atoms with E-state index in [0.717, 1.165) is 31.9 Å². The topological polar surface area (TPSA) is 30.5 Å². The molecule has 0 spiro atoms. The maximum absolute atomic E-state index is 5.80. The molecular weight excluding hydrogens is 250 g/mol. The lowest BCUT2D eigenvalue weighted by molar-refractivity contribution is 0.0106. The molecule has 3 heteroatoms. The molecule has 3 nitrogen and oxygen atoms in total. The zero-order valence-electron chi connectivity index (χ0n) is 12.3. The molecule has 0 amide bonds. The standard InChI is InChI=1S/C17H25NO2/c1-13-12-20-16-8-3-2-7-15(16)17(13)18-10-9-14-6-4-5-11-19-14/h2-3,7-8,13-14,17-18H,4-6,9-12H2,1H3. The van der Waals surface area contributed by atoms with Gasteiger partial charge in [0, 0.05) is 24.1 Å². The van der Waals surface area contributed by atoms with Crippen LogP contribution in [0, 0.1) is 5.92 Å². The van der Waals surface area contributed by atoms with Crippen molar-refractivity contribution >= 4 is 0 Å². The number of hydrogen-bond acceptors (Lipinski definition) is 3. The second-order valence-corrected chi connectivity index (χ2v) is 6.04. The molecule has 20 heavy (non-hydrogen) atoms. The van der Waals surface area contributed by atoms with Crippen molar-refractivity contribution in [1.82, 2.24) is 5.32 Å².